The number of esters is 2. The fraction of sp³-hybridized carbons (Fsp3) is 0.833. The molecular formula is C12H22N2O12. The molecule has 26 heavy (non-hydrogen) atoms. The largest absolute Gasteiger partial charge is 0.600 e. The number of ether oxygens (including phenoxy) is 3. The van der Waals surface area contributed by atoms with Gasteiger partial charge in [0.2, 0.25) is 6.29 Å². The molecule has 1 aliphatic heterocycles. The molecule has 0 saturated carbocycles. The Bertz CT molecular complexity index is 459. The van der Waals surface area contributed by atoms with Crippen LogP contribution in [0.4, 0.5) is 0 Å². The summed E-state index contributed by atoms with van der Waals surface area (Å²) in [6.07, 6.45) is -9.27. The zero-order chi connectivity index (χ0) is 19.9. The molecule has 0 aromatic carbocycles. The summed E-state index contributed by atoms with van der Waals surface area (Å²) in [7, 11) is 0. The average Bonchev–Trinajstić information content (AvgIpc) is 2.57. The van der Waals surface area contributed by atoms with Gasteiger partial charge in [-0.15, -0.1) is 0 Å². The first-order chi connectivity index (χ1) is 12.1. The van der Waals surface area contributed by atoms with E-state index in [-0.39, 0.29) is 0 Å². The topological polar surface area (TPSA) is 218 Å². The first-order valence-electron chi connectivity index (χ1n) is 7.60. The van der Waals surface area contributed by atoms with Gasteiger partial charge in [0.1, 0.15) is 44.1 Å². The van der Waals surface area contributed by atoms with E-state index in [2.05, 4.69) is 0 Å². The summed E-state index contributed by atoms with van der Waals surface area (Å²) in [5, 5.41) is 64.7. The Morgan fingerprint density at radius 2 is 1.46 bits per heavy atom. The second kappa shape index (κ2) is 10.6. The third-order valence-electron chi connectivity index (χ3n) is 3.41. The van der Waals surface area contributed by atoms with Crippen LogP contribution in [-0.4, -0.2) is 88.1 Å². The first kappa shape index (κ1) is 22.6. The van der Waals surface area contributed by atoms with Gasteiger partial charge in [-0.3, -0.25) is 9.59 Å². The zero-order valence-corrected chi connectivity index (χ0v) is 13.5. The molecule has 0 spiro atoms. The molecule has 1 aliphatic rings. The van der Waals surface area contributed by atoms with Gasteiger partial charge in [0.25, 0.3) is 0 Å². The monoisotopic (exact) mass is 386 g/mol. The van der Waals surface area contributed by atoms with Crippen molar-refractivity contribution in [2.45, 2.75) is 43.5 Å². The molecule has 1 rings (SSSR count). The van der Waals surface area contributed by atoms with Crippen molar-refractivity contribution >= 4 is 11.9 Å². The quantitative estimate of drug-likeness (QED) is 0.146. The summed E-state index contributed by atoms with van der Waals surface area (Å²) in [5.41, 5.74) is 0. The molecule has 1 heterocycles. The average molecular weight is 386 g/mol. The predicted molar refractivity (Wildman–Crippen MR) is 74.9 cm³/mol. The Kier molecular flexibility index (Phi) is 9.23. The summed E-state index contributed by atoms with van der Waals surface area (Å²) in [5.74, 6) is -1.91. The molecule has 0 radical (unpaired) electrons. The molecule has 14 nitrogen and oxygen atoms in total. The number of aliphatic hydroxyl groups excluding tert-OH is 3. The van der Waals surface area contributed by atoms with Crippen molar-refractivity contribution in [2.75, 3.05) is 19.7 Å². The van der Waals surface area contributed by atoms with Gasteiger partial charge in [-0.2, -0.15) is 0 Å². The van der Waals surface area contributed by atoms with E-state index in [4.69, 9.17) is 24.6 Å². The number of hydroxylamine groups is 4. The van der Waals surface area contributed by atoms with Crippen LogP contribution >= 0.6 is 0 Å². The van der Waals surface area contributed by atoms with E-state index in [9.17, 15) is 35.3 Å². The van der Waals surface area contributed by atoms with Gasteiger partial charge in [-0.1, -0.05) is 0 Å². The van der Waals surface area contributed by atoms with Crippen LogP contribution in [0.1, 0.15) is 12.8 Å². The highest BCUT2D eigenvalue weighted by Gasteiger charge is 2.46. The van der Waals surface area contributed by atoms with Crippen molar-refractivity contribution in [3.05, 3.63) is 10.4 Å². The minimum atomic E-state index is -1.81. The van der Waals surface area contributed by atoms with Crippen LogP contribution < -0.4 is 10.5 Å². The molecule has 1 fully saturated rings. The Labute approximate surface area is 146 Å². The van der Waals surface area contributed by atoms with Crippen molar-refractivity contribution in [2.24, 2.45) is 0 Å². The predicted octanol–water partition coefficient (Wildman–Crippen LogP) is -5.80. The highest BCUT2D eigenvalue weighted by molar-refractivity contribution is 5.69. The van der Waals surface area contributed by atoms with E-state index in [1.807, 2.05) is 0 Å². The lowest BCUT2D eigenvalue weighted by Gasteiger charge is -2.39. The van der Waals surface area contributed by atoms with Crippen LogP contribution in [0.25, 0.3) is 0 Å². The van der Waals surface area contributed by atoms with Crippen molar-refractivity contribution < 1.29 is 60.0 Å². The highest BCUT2D eigenvalue weighted by atomic mass is 16.8. The number of hydrogen-bond acceptors (Lipinski definition) is 12. The molecule has 0 amide bonds. The van der Waals surface area contributed by atoms with E-state index >= 15 is 0 Å². The number of carbonyl (C=O) groups is 2. The maximum absolute atomic E-state index is 11.5. The van der Waals surface area contributed by atoms with Crippen molar-refractivity contribution in [1.82, 2.24) is 0 Å². The van der Waals surface area contributed by atoms with Gasteiger partial charge in [0.05, 0.1) is 12.8 Å². The van der Waals surface area contributed by atoms with Gasteiger partial charge in [-0.05, 0) is 0 Å². The van der Waals surface area contributed by atoms with E-state index in [1.54, 1.807) is 0 Å². The van der Waals surface area contributed by atoms with Gasteiger partial charge in [0, 0.05) is 0 Å². The molecule has 7 N–H and O–H groups in total. The summed E-state index contributed by atoms with van der Waals surface area (Å²) >= 11 is 0. The normalized spacial score (nSPS) is 31.1. The first-order valence-corrected chi connectivity index (χ1v) is 7.60. The molecule has 0 aliphatic carbocycles. The summed E-state index contributed by atoms with van der Waals surface area (Å²) in [4.78, 5) is 22.9. The van der Waals surface area contributed by atoms with Gasteiger partial charge in [0.15, 0.2) is 0 Å². The minimum absolute atomic E-state index is 0.420. The Balaban J connectivity index is 2.55. The van der Waals surface area contributed by atoms with E-state index in [0.29, 0.717) is 0 Å². The van der Waals surface area contributed by atoms with Gasteiger partial charge >= 0.3 is 11.9 Å². The van der Waals surface area contributed by atoms with E-state index in [1.165, 1.54) is 0 Å². The van der Waals surface area contributed by atoms with Crippen molar-refractivity contribution in [3.8, 4) is 0 Å². The number of rotatable bonds is 9. The molecule has 1 saturated heterocycles. The number of nitrogens with one attached hydrogen (secondary N) is 2. The molecule has 2 unspecified atom stereocenters. The van der Waals surface area contributed by atoms with Crippen LogP contribution in [0.5, 0.6) is 0 Å². The fourth-order valence-electron chi connectivity index (χ4n) is 2.01. The SMILES string of the molecule is O=C(CC[NH+]([O-])O)OC[C@H]1O[C@@H](OC(=O)CC[NH+]([O-])O)[C@@H](O)[C@@H](O)[C@@H]1O. The standard InChI is InChI=1S/C12H22N2O12/c15-7(1-3-13(20)21)24-5-6-9(17)10(18)11(19)12(25-6)26-8(16)2-4-14(22)23/h6,9-14,17-20,22H,1-5H2/t6-,9-,10+,11+,12+/m1/s1. The maximum Gasteiger partial charge on any atom is 0.314 e. The third-order valence-corrected chi connectivity index (χ3v) is 3.41. The zero-order valence-electron chi connectivity index (χ0n) is 13.5. The summed E-state index contributed by atoms with van der Waals surface area (Å²) in [6.45, 7) is -1.57. The molecule has 0 bridgehead atoms. The van der Waals surface area contributed by atoms with Crippen LogP contribution in [0.15, 0.2) is 0 Å². The number of carbonyl (C=O) groups excluding carboxylic acids is 2. The lowest BCUT2D eigenvalue weighted by Crippen LogP contribution is -3.04. The van der Waals surface area contributed by atoms with Crippen molar-refractivity contribution in [3.63, 3.8) is 0 Å². The Hall–Kier alpha value is -1.46. The molecule has 14 heteroatoms. The van der Waals surface area contributed by atoms with E-state index in [0.717, 1.165) is 0 Å². The van der Waals surface area contributed by atoms with Crippen LogP contribution in [0, 0.1) is 10.4 Å². The summed E-state index contributed by atoms with van der Waals surface area (Å²) in [6, 6.07) is 0. The third kappa shape index (κ3) is 7.42. The number of aliphatic hydroxyl groups is 3. The second-order valence-electron chi connectivity index (χ2n) is 5.48. The van der Waals surface area contributed by atoms with E-state index < -0.39 is 85.6 Å². The molecule has 0 aromatic rings. The number of quaternary nitrogens is 2. The van der Waals surface area contributed by atoms with Gasteiger partial charge in [-0.25, -0.2) is 20.9 Å². The maximum atomic E-state index is 11.5. The second-order valence-corrected chi connectivity index (χ2v) is 5.48. The highest BCUT2D eigenvalue weighted by Crippen LogP contribution is 2.22. The lowest BCUT2D eigenvalue weighted by molar-refractivity contribution is -1.05. The molecule has 0 aromatic heterocycles. The Morgan fingerprint density at radius 1 is 0.923 bits per heavy atom. The molecular weight excluding hydrogens is 364 g/mol. The lowest BCUT2D eigenvalue weighted by atomic mass is 9.99. The minimum Gasteiger partial charge on any atom is -0.600 e. The summed E-state index contributed by atoms with van der Waals surface area (Å²) < 4.78 is 14.5. The fourth-order valence-corrected chi connectivity index (χ4v) is 2.01. The number of hydrogen-bond donors (Lipinski definition) is 7. The van der Waals surface area contributed by atoms with Crippen molar-refractivity contribution in [1.29, 1.82) is 0 Å². The van der Waals surface area contributed by atoms with Crippen LogP contribution in [-0.2, 0) is 23.8 Å². The van der Waals surface area contributed by atoms with Crippen LogP contribution in [0.2, 0.25) is 0 Å². The molecule has 7 atom stereocenters. The van der Waals surface area contributed by atoms with Crippen LogP contribution in [0.3, 0.4) is 0 Å². The molecule has 152 valence electrons. The smallest absolute Gasteiger partial charge is 0.314 e. The van der Waals surface area contributed by atoms with Gasteiger partial charge < -0.3 is 39.9 Å². The Morgan fingerprint density at radius 3 is 2.00 bits per heavy atom.